The monoisotopic (exact) mass is 395 g/mol. The number of pyridine rings is 1. The van der Waals surface area contributed by atoms with E-state index in [4.69, 9.17) is 17.0 Å². The van der Waals surface area contributed by atoms with Gasteiger partial charge in [0.25, 0.3) is 5.91 Å². The second-order valence-corrected chi connectivity index (χ2v) is 7.27. The van der Waals surface area contributed by atoms with Gasteiger partial charge in [0.15, 0.2) is 6.61 Å². The molecular formula is C22H25N3O2S. The third kappa shape index (κ3) is 4.10. The van der Waals surface area contributed by atoms with Gasteiger partial charge in [-0.3, -0.25) is 4.79 Å². The summed E-state index contributed by atoms with van der Waals surface area (Å²) in [6, 6.07) is 9.86. The van der Waals surface area contributed by atoms with Crippen molar-refractivity contribution in [2.24, 2.45) is 0 Å². The number of rotatable bonds is 6. The van der Waals surface area contributed by atoms with E-state index in [9.17, 15) is 10.1 Å². The van der Waals surface area contributed by atoms with Crippen molar-refractivity contribution in [3.63, 3.8) is 0 Å². The first-order chi connectivity index (χ1) is 13.6. The molecule has 0 saturated carbocycles. The highest BCUT2D eigenvalue weighted by Crippen LogP contribution is 2.34. The van der Waals surface area contributed by atoms with Gasteiger partial charge in [-0.2, -0.15) is 5.26 Å². The molecular weight excluding hydrogens is 370 g/mol. The molecule has 0 unspecified atom stereocenters. The molecule has 0 saturated heterocycles. The molecule has 1 N–H and O–H groups in total. The maximum atomic E-state index is 12.1. The van der Waals surface area contributed by atoms with Crippen molar-refractivity contribution in [1.29, 1.82) is 5.26 Å². The van der Waals surface area contributed by atoms with Gasteiger partial charge in [-0.1, -0.05) is 24.4 Å². The van der Waals surface area contributed by atoms with Crippen molar-refractivity contribution in [3.8, 4) is 22.9 Å². The molecule has 146 valence electrons. The van der Waals surface area contributed by atoms with Crippen LogP contribution in [-0.2, 0) is 17.6 Å². The third-order valence-electron chi connectivity index (χ3n) is 5.24. The lowest BCUT2D eigenvalue weighted by atomic mass is 9.87. The molecule has 1 aliphatic rings. The zero-order valence-electron chi connectivity index (χ0n) is 16.4. The number of carbonyl (C=O) groups excluding carboxylic acids is 1. The van der Waals surface area contributed by atoms with Gasteiger partial charge < -0.3 is 14.6 Å². The number of amides is 1. The number of aryl methyl sites for hydroxylation is 1. The van der Waals surface area contributed by atoms with Crippen molar-refractivity contribution >= 4 is 18.1 Å². The van der Waals surface area contributed by atoms with Crippen LogP contribution in [0.3, 0.4) is 0 Å². The largest absolute Gasteiger partial charge is 0.484 e. The highest BCUT2D eigenvalue weighted by atomic mass is 32.1. The van der Waals surface area contributed by atoms with E-state index in [0.717, 1.165) is 42.5 Å². The van der Waals surface area contributed by atoms with E-state index in [1.165, 1.54) is 5.56 Å². The quantitative estimate of drug-likeness (QED) is 0.736. The molecule has 5 nitrogen and oxygen atoms in total. The summed E-state index contributed by atoms with van der Waals surface area (Å²) in [5, 5.41) is 9.66. The van der Waals surface area contributed by atoms with E-state index in [1.54, 1.807) is 4.90 Å². The second kappa shape index (κ2) is 9.03. The summed E-state index contributed by atoms with van der Waals surface area (Å²) in [6.45, 7) is 5.28. The van der Waals surface area contributed by atoms with Gasteiger partial charge in [-0.15, -0.1) is 0 Å². The molecule has 1 aliphatic carbocycles. The van der Waals surface area contributed by atoms with Crippen molar-refractivity contribution in [2.75, 3.05) is 19.7 Å². The number of benzene rings is 1. The number of carbonyl (C=O) groups is 1. The minimum Gasteiger partial charge on any atom is -0.484 e. The maximum absolute atomic E-state index is 12.1. The minimum atomic E-state index is -0.0238. The van der Waals surface area contributed by atoms with Crippen LogP contribution in [0.5, 0.6) is 5.75 Å². The number of ether oxygens (including phenoxy) is 1. The molecule has 3 rings (SSSR count). The van der Waals surface area contributed by atoms with Gasteiger partial charge in [0.05, 0.1) is 5.56 Å². The second-order valence-electron chi connectivity index (χ2n) is 6.86. The van der Waals surface area contributed by atoms with Crippen molar-refractivity contribution < 1.29 is 9.53 Å². The SMILES string of the molecule is CCN(CC)C(=O)COc1ccc(-c2c3c([nH]c(=S)c2C#N)CCCC3)cc1. The molecule has 28 heavy (non-hydrogen) atoms. The standard InChI is InChI=1S/C22H25N3O2S/c1-3-25(4-2)20(26)14-27-16-11-9-15(10-12-16)21-17-7-5-6-8-19(17)24-22(28)18(21)13-23/h9-12H,3-8,14H2,1-2H3,(H,24,28). The molecule has 0 atom stereocenters. The predicted molar refractivity (Wildman–Crippen MR) is 112 cm³/mol. The molecule has 1 aromatic carbocycles. The van der Waals surface area contributed by atoms with Crippen LogP contribution < -0.4 is 4.74 Å². The lowest BCUT2D eigenvalue weighted by Gasteiger charge is -2.21. The van der Waals surface area contributed by atoms with Crippen LogP contribution in [0.1, 0.15) is 43.5 Å². The summed E-state index contributed by atoms with van der Waals surface area (Å²) in [5.74, 6) is 0.613. The van der Waals surface area contributed by atoms with Crippen LogP contribution in [0, 0.1) is 16.0 Å². The van der Waals surface area contributed by atoms with E-state index >= 15 is 0 Å². The van der Waals surface area contributed by atoms with Crippen LogP contribution in [0.4, 0.5) is 0 Å². The van der Waals surface area contributed by atoms with Crippen LogP contribution >= 0.6 is 12.2 Å². The van der Waals surface area contributed by atoms with Gasteiger partial charge in [0, 0.05) is 24.3 Å². The number of aromatic amines is 1. The molecule has 6 heteroatoms. The van der Waals surface area contributed by atoms with E-state index in [-0.39, 0.29) is 12.5 Å². The Hall–Kier alpha value is -2.65. The lowest BCUT2D eigenvalue weighted by Crippen LogP contribution is -2.34. The van der Waals surface area contributed by atoms with Gasteiger partial charge in [0.2, 0.25) is 0 Å². The minimum absolute atomic E-state index is 0.0238. The summed E-state index contributed by atoms with van der Waals surface area (Å²) in [5.41, 5.74) is 4.77. The zero-order chi connectivity index (χ0) is 20.1. The number of fused-ring (bicyclic) bond motifs is 1. The van der Waals surface area contributed by atoms with Crippen molar-refractivity contribution in [1.82, 2.24) is 9.88 Å². The molecule has 1 heterocycles. The highest BCUT2D eigenvalue weighted by molar-refractivity contribution is 7.71. The highest BCUT2D eigenvalue weighted by Gasteiger charge is 2.20. The molecule has 2 aromatic rings. The number of hydrogen-bond acceptors (Lipinski definition) is 4. The number of nitriles is 1. The van der Waals surface area contributed by atoms with Crippen LogP contribution in [-0.4, -0.2) is 35.5 Å². The number of likely N-dealkylation sites (N-methyl/N-ethyl adjacent to an activating group) is 1. The first kappa shape index (κ1) is 20.1. The van der Waals surface area contributed by atoms with Crippen molar-refractivity contribution in [2.45, 2.75) is 39.5 Å². The summed E-state index contributed by atoms with van der Waals surface area (Å²) < 4.78 is 6.16. The fraction of sp³-hybridized carbons (Fsp3) is 0.409. The van der Waals surface area contributed by atoms with Crippen LogP contribution in [0.15, 0.2) is 24.3 Å². The Morgan fingerprint density at radius 1 is 1.21 bits per heavy atom. The number of aromatic nitrogens is 1. The Labute approximate surface area is 171 Å². The average Bonchev–Trinajstić information content (AvgIpc) is 2.72. The topological polar surface area (TPSA) is 69.1 Å². The summed E-state index contributed by atoms with van der Waals surface area (Å²) in [6.07, 6.45) is 4.16. The van der Waals surface area contributed by atoms with E-state index in [2.05, 4.69) is 11.1 Å². The van der Waals surface area contributed by atoms with Gasteiger partial charge in [0.1, 0.15) is 16.5 Å². The fourth-order valence-electron chi connectivity index (χ4n) is 3.74. The Bertz CT molecular complexity index is 953. The number of hydrogen-bond donors (Lipinski definition) is 1. The Morgan fingerprint density at radius 2 is 1.89 bits per heavy atom. The summed E-state index contributed by atoms with van der Waals surface area (Å²) in [7, 11) is 0. The molecule has 0 aliphatic heterocycles. The number of nitrogens with zero attached hydrogens (tertiary/aromatic N) is 2. The van der Waals surface area contributed by atoms with Gasteiger partial charge >= 0.3 is 0 Å². The van der Waals surface area contributed by atoms with Gasteiger partial charge in [-0.05, 0) is 62.8 Å². The summed E-state index contributed by atoms with van der Waals surface area (Å²) >= 11 is 5.42. The predicted octanol–water partition coefficient (Wildman–Crippen LogP) is 4.41. The lowest BCUT2D eigenvalue weighted by molar-refractivity contribution is -0.132. The fourth-order valence-corrected chi connectivity index (χ4v) is 4.01. The molecule has 0 fully saturated rings. The number of nitrogens with one attached hydrogen (secondary N) is 1. The number of H-pyrrole nitrogens is 1. The first-order valence-electron chi connectivity index (χ1n) is 9.78. The first-order valence-corrected chi connectivity index (χ1v) is 10.2. The molecule has 0 spiro atoms. The molecule has 1 aromatic heterocycles. The molecule has 1 amide bonds. The van der Waals surface area contributed by atoms with Crippen molar-refractivity contribution in [3.05, 3.63) is 45.7 Å². The third-order valence-corrected chi connectivity index (χ3v) is 5.55. The van der Waals surface area contributed by atoms with E-state index in [1.807, 2.05) is 38.1 Å². The molecule has 0 bridgehead atoms. The van der Waals surface area contributed by atoms with Crippen LogP contribution in [0.2, 0.25) is 0 Å². The molecule has 0 radical (unpaired) electrons. The zero-order valence-corrected chi connectivity index (χ0v) is 17.2. The van der Waals surface area contributed by atoms with Crippen LogP contribution in [0.25, 0.3) is 11.1 Å². The Balaban J connectivity index is 1.86. The summed E-state index contributed by atoms with van der Waals surface area (Å²) in [4.78, 5) is 17.1. The Morgan fingerprint density at radius 3 is 2.54 bits per heavy atom. The van der Waals surface area contributed by atoms with Gasteiger partial charge in [-0.25, -0.2) is 0 Å². The smallest absolute Gasteiger partial charge is 0.260 e. The average molecular weight is 396 g/mol. The van der Waals surface area contributed by atoms with E-state index in [0.29, 0.717) is 29.0 Å². The van der Waals surface area contributed by atoms with E-state index < -0.39 is 0 Å². The normalized spacial score (nSPS) is 12.8. The maximum Gasteiger partial charge on any atom is 0.260 e. The Kier molecular flexibility index (Phi) is 6.48.